The van der Waals surface area contributed by atoms with Gasteiger partial charge >= 0.3 is 0 Å². The fourth-order valence-corrected chi connectivity index (χ4v) is 9.20. The second-order valence-corrected chi connectivity index (χ2v) is 20.8. The number of amides is 1. The average Bonchev–Trinajstić information content (AvgIpc) is 3.38. The second-order valence-electron chi connectivity index (χ2n) is 20.8. The van der Waals surface area contributed by atoms with Gasteiger partial charge in [-0.1, -0.05) is 247 Å². The molecule has 7 atom stereocenters. The zero-order valence-corrected chi connectivity index (χ0v) is 46.4. The second kappa shape index (κ2) is 52.1. The Hall–Kier alpha value is -2.37. The van der Waals surface area contributed by atoms with Crippen molar-refractivity contribution in [3.63, 3.8) is 0 Å². The van der Waals surface area contributed by atoms with E-state index in [1.807, 2.05) is 6.08 Å². The Morgan fingerprint density at radius 1 is 0.472 bits per heavy atom. The number of hydrogen-bond acceptors (Lipinski definition) is 8. The Labute approximate surface area is 442 Å². The van der Waals surface area contributed by atoms with E-state index in [2.05, 4.69) is 79.9 Å². The number of unbranched alkanes of at least 4 members (excludes halogenated alkanes) is 31. The van der Waals surface area contributed by atoms with Crippen LogP contribution in [0.3, 0.4) is 0 Å². The maximum Gasteiger partial charge on any atom is 0.220 e. The molecule has 1 fully saturated rings. The first-order chi connectivity index (χ1) is 35.3. The lowest BCUT2D eigenvalue weighted by atomic mass is 9.99. The van der Waals surface area contributed by atoms with Gasteiger partial charge in [-0.05, 0) is 83.5 Å². The van der Waals surface area contributed by atoms with Gasteiger partial charge in [-0.25, -0.2) is 0 Å². The van der Waals surface area contributed by atoms with Gasteiger partial charge < -0.3 is 40.3 Å². The van der Waals surface area contributed by atoms with E-state index >= 15 is 0 Å². The third-order valence-electron chi connectivity index (χ3n) is 14.0. The summed E-state index contributed by atoms with van der Waals surface area (Å²) in [6, 6.07) is -0.835. The van der Waals surface area contributed by atoms with Crippen LogP contribution in [0, 0.1) is 0 Å². The van der Waals surface area contributed by atoms with Crippen molar-refractivity contribution in [2.75, 3.05) is 13.2 Å². The molecular formula is C63H113NO8. The summed E-state index contributed by atoms with van der Waals surface area (Å²) in [5, 5.41) is 54.5. The first-order valence-corrected chi connectivity index (χ1v) is 30.2. The summed E-state index contributed by atoms with van der Waals surface area (Å²) < 4.78 is 11.3. The molecule has 6 N–H and O–H groups in total. The van der Waals surface area contributed by atoms with E-state index in [4.69, 9.17) is 9.47 Å². The molecule has 1 amide bonds. The summed E-state index contributed by atoms with van der Waals surface area (Å²) in [5.74, 6) is -0.195. The molecule has 1 saturated heterocycles. The lowest BCUT2D eigenvalue weighted by molar-refractivity contribution is -0.302. The van der Waals surface area contributed by atoms with Gasteiger partial charge in [-0.2, -0.15) is 0 Å². The highest BCUT2D eigenvalue weighted by Crippen LogP contribution is 2.23. The van der Waals surface area contributed by atoms with Crippen LogP contribution in [0.4, 0.5) is 0 Å². The highest BCUT2D eigenvalue weighted by molar-refractivity contribution is 5.76. The molecule has 0 bridgehead atoms. The summed E-state index contributed by atoms with van der Waals surface area (Å²) in [7, 11) is 0. The van der Waals surface area contributed by atoms with Gasteiger partial charge in [0.1, 0.15) is 24.4 Å². The highest BCUT2D eigenvalue weighted by Gasteiger charge is 2.44. The molecule has 0 aromatic carbocycles. The van der Waals surface area contributed by atoms with Gasteiger partial charge in [0.05, 0.1) is 25.4 Å². The van der Waals surface area contributed by atoms with E-state index in [9.17, 15) is 30.3 Å². The number of rotatable bonds is 51. The molecule has 0 aromatic rings. The molecule has 7 unspecified atom stereocenters. The summed E-state index contributed by atoms with van der Waals surface area (Å²) in [5.41, 5.74) is 0. The van der Waals surface area contributed by atoms with Crippen molar-refractivity contribution in [1.82, 2.24) is 5.32 Å². The Kier molecular flexibility index (Phi) is 48.9. The molecule has 0 saturated carbocycles. The number of carbonyl (C=O) groups excluding carboxylic acids is 1. The molecule has 418 valence electrons. The number of allylic oxidation sites excluding steroid dienone is 11. The highest BCUT2D eigenvalue weighted by atomic mass is 16.7. The Bertz CT molecular complexity index is 1360. The molecule has 1 aliphatic rings. The zero-order chi connectivity index (χ0) is 52.2. The summed E-state index contributed by atoms with van der Waals surface area (Å²) in [6.45, 7) is 3.76. The third kappa shape index (κ3) is 40.9. The quantitative estimate of drug-likeness (QED) is 0.0261. The zero-order valence-electron chi connectivity index (χ0n) is 46.4. The lowest BCUT2D eigenvalue weighted by Gasteiger charge is -2.40. The fourth-order valence-electron chi connectivity index (χ4n) is 9.20. The summed E-state index contributed by atoms with van der Waals surface area (Å²) >= 11 is 0. The smallest absolute Gasteiger partial charge is 0.220 e. The Morgan fingerprint density at radius 3 is 1.26 bits per heavy atom. The van der Waals surface area contributed by atoms with E-state index in [0.717, 1.165) is 70.6 Å². The van der Waals surface area contributed by atoms with Crippen molar-refractivity contribution in [3.8, 4) is 0 Å². The number of aliphatic hydroxyl groups excluding tert-OH is 5. The molecule has 1 rings (SSSR count). The van der Waals surface area contributed by atoms with Crippen molar-refractivity contribution >= 4 is 5.91 Å². The minimum absolute atomic E-state index is 0.195. The molecule has 0 radical (unpaired) electrons. The largest absolute Gasteiger partial charge is 0.394 e. The van der Waals surface area contributed by atoms with Gasteiger partial charge in [0, 0.05) is 6.42 Å². The van der Waals surface area contributed by atoms with E-state index in [0.29, 0.717) is 6.42 Å². The molecule has 72 heavy (non-hydrogen) atoms. The van der Waals surface area contributed by atoms with Gasteiger partial charge in [0.25, 0.3) is 0 Å². The van der Waals surface area contributed by atoms with Crippen LogP contribution < -0.4 is 5.32 Å². The van der Waals surface area contributed by atoms with Crippen molar-refractivity contribution in [2.45, 2.75) is 307 Å². The van der Waals surface area contributed by atoms with Crippen LogP contribution >= 0.6 is 0 Å². The molecular weight excluding hydrogens is 899 g/mol. The standard InChI is InChI=1S/C63H113NO8/c1-3-5-7-9-11-13-15-17-19-21-23-25-27-29-31-33-35-37-39-41-43-45-47-49-51-53-59(67)64-56(55-71-63-62(70)61(69)60(68)58(54-65)72-63)57(66)52-50-48-46-44-42-40-38-36-34-32-30-28-26-24-22-20-18-16-14-12-10-8-6-4-2/h15,17,21,23,27,29,34,36,42,44,50,52,56-58,60-63,65-66,68-70H,3-14,16,18-20,22,24-26,28,30-33,35,37-41,43,45-49,51,53-55H2,1-2H3,(H,64,67)/b17-15-,23-21-,29-27-,36-34+,44-42+,52-50+. The predicted molar refractivity (Wildman–Crippen MR) is 304 cm³/mol. The maximum absolute atomic E-state index is 13.1. The molecule has 0 aromatic heterocycles. The van der Waals surface area contributed by atoms with Gasteiger partial charge in [0.2, 0.25) is 5.91 Å². The average molecular weight is 1010 g/mol. The van der Waals surface area contributed by atoms with Crippen LogP contribution in [0.25, 0.3) is 0 Å². The van der Waals surface area contributed by atoms with Crippen LogP contribution in [0.2, 0.25) is 0 Å². The van der Waals surface area contributed by atoms with Gasteiger partial charge in [-0.15, -0.1) is 0 Å². The molecule has 9 heteroatoms. The normalized spacial score (nSPS) is 19.7. The van der Waals surface area contributed by atoms with Crippen LogP contribution in [0.5, 0.6) is 0 Å². The predicted octanol–water partition coefficient (Wildman–Crippen LogP) is 15.2. The number of nitrogens with one attached hydrogen (secondary N) is 1. The summed E-state index contributed by atoms with van der Waals surface area (Å²) in [6.07, 6.45) is 65.4. The van der Waals surface area contributed by atoms with Crippen molar-refractivity contribution in [1.29, 1.82) is 0 Å². The Morgan fingerprint density at radius 2 is 0.833 bits per heavy atom. The van der Waals surface area contributed by atoms with E-state index in [1.165, 1.54) is 173 Å². The summed E-state index contributed by atoms with van der Waals surface area (Å²) in [4.78, 5) is 13.1. The molecule has 1 aliphatic heterocycles. The first kappa shape index (κ1) is 67.6. The third-order valence-corrected chi connectivity index (χ3v) is 14.0. The van der Waals surface area contributed by atoms with Crippen LogP contribution in [0.1, 0.15) is 264 Å². The van der Waals surface area contributed by atoms with Gasteiger partial charge in [-0.3, -0.25) is 4.79 Å². The molecule has 0 aliphatic carbocycles. The fraction of sp³-hybridized carbons (Fsp3) is 0.794. The number of aliphatic hydroxyl groups is 5. The van der Waals surface area contributed by atoms with E-state index in [-0.39, 0.29) is 12.5 Å². The molecule has 0 spiro atoms. The maximum atomic E-state index is 13.1. The number of carbonyl (C=O) groups is 1. The first-order valence-electron chi connectivity index (χ1n) is 30.2. The van der Waals surface area contributed by atoms with E-state index in [1.54, 1.807) is 6.08 Å². The number of ether oxygens (including phenoxy) is 2. The minimum atomic E-state index is -1.58. The van der Waals surface area contributed by atoms with Crippen molar-refractivity contribution in [2.24, 2.45) is 0 Å². The lowest BCUT2D eigenvalue weighted by Crippen LogP contribution is -2.60. The van der Waals surface area contributed by atoms with Gasteiger partial charge in [0.15, 0.2) is 6.29 Å². The molecule has 1 heterocycles. The van der Waals surface area contributed by atoms with Crippen LogP contribution in [-0.4, -0.2) is 87.5 Å². The topological polar surface area (TPSA) is 149 Å². The van der Waals surface area contributed by atoms with Crippen LogP contribution in [0.15, 0.2) is 72.9 Å². The SMILES string of the molecule is CCCCCCC/C=C\C/C=C\C/C=C\CCCCCCCCCCCCC(=O)NC(COC1OC(CO)C(O)C(O)C1O)C(O)/C=C/CC/C=C/CC/C=C/CCCCCCCCCCCCCCCC. The Balaban J connectivity index is 2.26. The minimum Gasteiger partial charge on any atom is -0.394 e. The van der Waals surface area contributed by atoms with Crippen LogP contribution in [-0.2, 0) is 14.3 Å². The van der Waals surface area contributed by atoms with Crippen molar-refractivity contribution < 1.29 is 39.8 Å². The number of hydrogen-bond donors (Lipinski definition) is 6. The van der Waals surface area contributed by atoms with E-state index < -0.39 is 49.5 Å². The van der Waals surface area contributed by atoms with Crippen molar-refractivity contribution in [3.05, 3.63) is 72.9 Å². The monoisotopic (exact) mass is 1010 g/mol. The molecule has 9 nitrogen and oxygen atoms in total.